The zero-order valence-electron chi connectivity index (χ0n) is 13.4. The summed E-state index contributed by atoms with van der Waals surface area (Å²) >= 11 is 0. The maximum absolute atomic E-state index is 12.7. The lowest BCUT2D eigenvalue weighted by Crippen LogP contribution is -2.40. The summed E-state index contributed by atoms with van der Waals surface area (Å²) in [4.78, 5) is 37.3. The summed E-state index contributed by atoms with van der Waals surface area (Å²) in [5, 5.41) is 14.7. The van der Waals surface area contributed by atoms with Crippen LogP contribution >= 0.6 is 0 Å². The molecule has 2 aliphatic rings. The Morgan fingerprint density at radius 3 is 2.50 bits per heavy atom. The van der Waals surface area contributed by atoms with E-state index in [-0.39, 0.29) is 30.7 Å². The Hall–Kier alpha value is -2.70. The predicted molar refractivity (Wildman–Crippen MR) is 86.3 cm³/mol. The smallest absolute Gasteiger partial charge is 0.308 e. The maximum Gasteiger partial charge on any atom is 0.308 e. The van der Waals surface area contributed by atoms with E-state index in [1.807, 2.05) is 30.3 Å². The van der Waals surface area contributed by atoms with Gasteiger partial charge in [0, 0.05) is 38.9 Å². The number of amides is 2. The van der Waals surface area contributed by atoms with E-state index >= 15 is 0 Å². The quantitative estimate of drug-likeness (QED) is 0.893. The minimum Gasteiger partial charge on any atom is -0.481 e. The third-order valence-corrected chi connectivity index (χ3v) is 4.61. The molecule has 7 heteroatoms. The van der Waals surface area contributed by atoms with Crippen molar-refractivity contribution in [3.63, 3.8) is 0 Å². The van der Waals surface area contributed by atoms with Gasteiger partial charge in [-0.15, -0.1) is 0 Å². The molecule has 2 amide bonds. The Balaban J connectivity index is 1.81. The molecule has 1 aromatic rings. The molecule has 2 aliphatic heterocycles. The van der Waals surface area contributed by atoms with Gasteiger partial charge in [0.1, 0.15) is 5.71 Å². The molecule has 3 rings (SSSR count). The third kappa shape index (κ3) is 3.02. The first-order chi connectivity index (χ1) is 11.5. The van der Waals surface area contributed by atoms with Gasteiger partial charge < -0.3 is 10.0 Å². The molecular weight excluding hydrogens is 310 g/mol. The average Bonchev–Trinajstić information content (AvgIpc) is 3.03. The molecule has 2 unspecified atom stereocenters. The second-order valence-corrected chi connectivity index (χ2v) is 6.14. The van der Waals surface area contributed by atoms with Gasteiger partial charge in [0.05, 0.1) is 5.92 Å². The van der Waals surface area contributed by atoms with E-state index in [9.17, 15) is 19.5 Å². The Labute approximate surface area is 139 Å². The molecule has 7 nitrogen and oxygen atoms in total. The number of nitrogens with zero attached hydrogens (tertiary/aromatic N) is 3. The molecule has 0 aromatic heterocycles. The summed E-state index contributed by atoms with van der Waals surface area (Å²) in [5.41, 5.74) is 1.23. The fourth-order valence-electron chi connectivity index (χ4n) is 3.26. The number of carboxylic acids is 1. The zero-order chi connectivity index (χ0) is 17.3. The first-order valence-electron chi connectivity index (χ1n) is 7.88. The molecular formula is C17H19N3O4. The van der Waals surface area contributed by atoms with Crippen molar-refractivity contribution in [2.45, 2.75) is 18.8 Å². The number of rotatable bonds is 3. The van der Waals surface area contributed by atoms with Gasteiger partial charge in [-0.2, -0.15) is 5.10 Å². The Bertz CT molecular complexity index is 701. The number of likely N-dealkylation sites (tertiary alicyclic amines) is 1. The largest absolute Gasteiger partial charge is 0.481 e. The van der Waals surface area contributed by atoms with E-state index in [1.165, 1.54) is 12.1 Å². The summed E-state index contributed by atoms with van der Waals surface area (Å²) in [7, 11) is 1.52. The van der Waals surface area contributed by atoms with Crippen LogP contribution < -0.4 is 0 Å². The fraction of sp³-hybridized carbons (Fsp3) is 0.412. The first-order valence-corrected chi connectivity index (χ1v) is 7.88. The minimum absolute atomic E-state index is 0.126. The van der Waals surface area contributed by atoms with Crippen LogP contribution in [-0.2, 0) is 14.4 Å². The standard InChI is InChI=1S/C17H19N3O4/c1-19-15(21)8-7-14(18-19)16(22)20-9-12(13(10-20)17(23)24)11-5-3-2-4-6-11/h2-6,12-13H,7-10H2,1H3,(H,23,24). The number of hydrogen-bond donors (Lipinski definition) is 1. The van der Waals surface area contributed by atoms with Crippen molar-refractivity contribution in [3.05, 3.63) is 35.9 Å². The highest BCUT2D eigenvalue weighted by molar-refractivity contribution is 6.39. The highest BCUT2D eigenvalue weighted by Gasteiger charge is 2.41. The Morgan fingerprint density at radius 1 is 1.17 bits per heavy atom. The molecule has 1 saturated heterocycles. The van der Waals surface area contributed by atoms with Crippen LogP contribution in [-0.4, -0.2) is 58.6 Å². The number of hydrazone groups is 1. The Morgan fingerprint density at radius 2 is 1.88 bits per heavy atom. The van der Waals surface area contributed by atoms with Gasteiger partial charge in [0.25, 0.3) is 5.91 Å². The highest BCUT2D eigenvalue weighted by atomic mass is 16.4. The van der Waals surface area contributed by atoms with E-state index in [4.69, 9.17) is 0 Å². The van der Waals surface area contributed by atoms with E-state index in [2.05, 4.69) is 5.10 Å². The van der Waals surface area contributed by atoms with Crippen LogP contribution in [0.2, 0.25) is 0 Å². The van der Waals surface area contributed by atoms with Gasteiger partial charge in [-0.3, -0.25) is 14.4 Å². The van der Waals surface area contributed by atoms with Crippen molar-refractivity contribution in [2.24, 2.45) is 11.0 Å². The number of carbonyl (C=O) groups is 3. The lowest BCUT2D eigenvalue weighted by atomic mass is 9.89. The molecule has 1 aromatic carbocycles. The summed E-state index contributed by atoms with van der Waals surface area (Å²) in [6.45, 7) is 0.501. The van der Waals surface area contributed by atoms with Crippen LogP contribution in [0.5, 0.6) is 0 Å². The van der Waals surface area contributed by atoms with E-state index in [0.717, 1.165) is 5.56 Å². The number of hydrogen-bond acceptors (Lipinski definition) is 4. The van der Waals surface area contributed by atoms with Crippen molar-refractivity contribution in [1.82, 2.24) is 9.91 Å². The van der Waals surface area contributed by atoms with Crippen LogP contribution in [0.1, 0.15) is 24.3 Å². The molecule has 0 bridgehead atoms. The minimum atomic E-state index is -0.906. The van der Waals surface area contributed by atoms with Crippen molar-refractivity contribution in [2.75, 3.05) is 20.1 Å². The zero-order valence-corrected chi connectivity index (χ0v) is 13.4. The average molecular weight is 329 g/mol. The van der Waals surface area contributed by atoms with Crippen molar-refractivity contribution in [3.8, 4) is 0 Å². The summed E-state index contributed by atoms with van der Waals surface area (Å²) < 4.78 is 0. The van der Waals surface area contributed by atoms with Crippen molar-refractivity contribution >= 4 is 23.5 Å². The predicted octanol–water partition coefficient (Wildman–Crippen LogP) is 0.921. The van der Waals surface area contributed by atoms with Gasteiger partial charge in [0.2, 0.25) is 5.91 Å². The van der Waals surface area contributed by atoms with E-state index in [0.29, 0.717) is 18.7 Å². The molecule has 0 radical (unpaired) electrons. The summed E-state index contributed by atoms with van der Waals surface area (Å²) in [6.07, 6.45) is 0.547. The third-order valence-electron chi connectivity index (χ3n) is 4.61. The van der Waals surface area contributed by atoms with Gasteiger partial charge in [-0.1, -0.05) is 30.3 Å². The highest BCUT2D eigenvalue weighted by Crippen LogP contribution is 2.33. The molecule has 126 valence electrons. The summed E-state index contributed by atoms with van der Waals surface area (Å²) in [5.74, 6) is -2.19. The van der Waals surface area contributed by atoms with Crippen molar-refractivity contribution in [1.29, 1.82) is 0 Å². The normalized spacial score (nSPS) is 24.0. The van der Waals surface area contributed by atoms with Gasteiger partial charge >= 0.3 is 5.97 Å². The number of carboxylic acid groups (broad SMARTS) is 1. The van der Waals surface area contributed by atoms with Gasteiger partial charge in [-0.25, -0.2) is 5.01 Å². The molecule has 1 fully saturated rings. The van der Waals surface area contributed by atoms with Crippen LogP contribution in [0.4, 0.5) is 0 Å². The van der Waals surface area contributed by atoms with Crippen LogP contribution in [0, 0.1) is 5.92 Å². The maximum atomic E-state index is 12.7. The summed E-state index contributed by atoms with van der Waals surface area (Å²) in [6, 6.07) is 9.38. The molecule has 24 heavy (non-hydrogen) atoms. The van der Waals surface area contributed by atoms with Crippen LogP contribution in [0.25, 0.3) is 0 Å². The van der Waals surface area contributed by atoms with Gasteiger partial charge in [-0.05, 0) is 5.56 Å². The molecule has 0 aliphatic carbocycles. The van der Waals surface area contributed by atoms with E-state index in [1.54, 1.807) is 4.90 Å². The monoisotopic (exact) mass is 329 g/mol. The second-order valence-electron chi connectivity index (χ2n) is 6.14. The fourth-order valence-corrected chi connectivity index (χ4v) is 3.26. The molecule has 0 saturated carbocycles. The first kappa shape index (κ1) is 16.2. The van der Waals surface area contributed by atoms with Crippen LogP contribution in [0.15, 0.2) is 35.4 Å². The number of aliphatic carboxylic acids is 1. The molecule has 0 spiro atoms. The number of benzene rings is 1. The van der Waals surface area contributed by atoms with Crippen LogP contribution in [0.3, 0.4) is 0 Å². The van der Waals surface area contributed by atoms with Gasteiger partial charge in [0.15, 0.2) is 0 Å². The SMILES string of the molecule is CN1N=C(C(=O)N2CC(C(=O)O)C(c3ccccc3)C2)CCC1=O. The van der Waals surface area contributed by atoms with Crippen molar-refractivity contribution < 1.29 is 19.5 Å². The van der Waals surface area contributed by atoms with E-state index < -0.39 is 11.9 Å². The number of carbonyl (C=O) groups excluding carboxylic acids is 2. The molecule has 2 heterocycles. The molecule has 1 N–H and O–H groups in total. The molecule has 2 atom stereocenters. The Kier molecular flexibility index (Phi) is 4.33. The lowest BCUT2D eigenvalue weighted by Gasteiger charge is -2.22. The lowest BCUT2D eigenvalue weighted by molar-refractivity contribution is -0.141. The topological polar surface area (TPSA) is 90.3 Å². The second kappa shape index (κ2) is 6.43.